The maximum atomic E-state index is 12.7. The first kappa shape index (κ1) is 11.5. The van der Waals surface area contributed by atoms with Crippen LogP contribution in [0.15, 0.2) is 18.2 Å². The molecular weight excluding hydrogens is 198 g/mol. The molecule has 1 aromatic carbocycles. The third kappa shape index (κ3) is 3.99. The highest BCUT2D eigenvalue weighted by atomic mass is 19.2. The number of terminal acetylenes is 1. The second kappa shape index (κ2) is 6.02. The Morgan fingerprint density at radius 1 is 1.20 bits per heavy atom. The Morgan fingerprint density at radius 3 is 2.67 bits per heavy atom. The molecule has 3 heteroatoms. The Labute approximate surface area is 88.1 Å². The number of halogens is 2. The molecule has 1 rings (SSSR count). The predicted molar refractivity (Wildman–Crippen MR) is 54.5 cm³/mol. The van der Waals surface area contributed by atoms with E-state index in [9.17, 15) is 8.78 Å². The molecule has 1 aromatic rings. The van der Waals surface area contributed by atoms with E-state index in [2.05, 4.69) is 5.92 Å². The summed E-state index contributed by atoms with van der Waals surface area (Å²) < 4.78 is 30.5. The van der Waals surface area contributed by atoms with Gasteiger partial charge in [0.05, 0.1) is 6.61 Å². The van der Waals surface area contributed by atoms with Crippen LogP contribution in [0, 0.1) is 24.0 Å². The lowest BCUT2D eigenvalue weighted by Gasteiger charge is -2.05. The van der Waals surface area contributed by atoms with Crippen LogP contribution in [0.5, 0.6) is 5.75 Å². The second-order valence-corrected chi connectivity index (χ2v) is 3.09. The zero-order valence-electron chi connectivity index (χ0n) is 8.30. The van der Waals surface area contributed by atoms with Crippen molar-refractivity contribution in [3.05, 3.63) is 29.8 Å². The van der Waals surface area contributed by atoms with E-state index in [1.54, 1.807) is 0 Å². The highest BCUT2D eigenvalue weighted by molar-refractivity contribution is 5.23. The molecule has 0 saturated heterocycles. The van der Waals surface area contributed by atoms with Crippen molar-refractivity contribution < 1.29 is 13.5 Å². The maximum absolute atomic E-state index is 12.7. The summed E-state index contributed by atoms with van der Waals surface area (Å²) in [7, 11) is 0. The number of benzene rings is 1. The lowest BCUT2D eigenvalue weighted by Crippen LogP contribution is -1.98. The molecule has 80 valence electrons. The third-order valence-electron chi connectivity index (χ3n) is 1.88. The smallest absolute Gasteiger partial charge is 0.162 e. The fraction of sp³-hybridized carbons (Fsp3) is 0.333. The summed E-state index contributed by atoms with van der Waals surface area (Å²) in [5, 5.41) is 0. The first-order chi connectivity index (χ1) is 7.24. The van der Waals surface area contributed by atoms with Crippen LogP contribution >= 0.6 is 0 Å². The normalized spacial score (nSPS) is 9.67. The molecule has 0 radical (unpaired) electrons. The van der Waals surface area contributed by atoms with Gasteiger partial charge in [-0.3, -0.25) is 0 Å². The van der Waals surface area contributed by atoms with Crippen LogP contribution < -0.4 is 4.74 Å². The van der Waals surface area contributed by atoms with Crippen molar-refractivity contribution in [3.63, 3.8) is 0 Å². The van der Waals surface area contributed by atoms with Crippen LogP contribution in [0.3, 0.4) is 0 Å². The first-order valence-corrected chi connectivity index (χ1v) is 4.75. The summed E-state index contributed by atoms with van der Waals surface area (Å²) in [4.78, 5) is 0. The summed E-state index contributed by atoms with van der Waals surface area (Å²) in [5.41, 5.74) is 0. The van der Waals surface area contributed by atoms with Gasteiger partial charge < -0.3 is 4.74 Å². The van der Waals surface area contributed by atoms with E-state index in [4.69, 9.17) is 11.2 Å². The van der Waals surface area contributed by atoms with E-state index < -0.39 is 11.6 Å². The Balaban J connectivity index is 2.32. The molecule has 0 aliphatic heterocycles. The monoisotopic (exact) mass is 210 g/mol. The molecule has 15 heavy (non-hydrogen) atoms. The number of hydrogen-bond donors (Lipinski definition) is 0. The first-order valence-electron chi connectivity index (χ1n) is 4.75. The van der Waals surface area contributed by atoms with E-state index in [0.717, 1.165) is 25.0 Å². The summed E-state index contributed by atoms with van der Waals surface area (Å²) in [6.07, 6.45) is 7.47. The molecule has 0 N–H and O–H groups in total. The van der Waals surface area contributed by atoms with Crippen molar-refractivity contribution in [1.29, 1.82) is 0 Å². The molecule has 0 atom stereocenters. The van der Waals surface area contributed by atoms with Crippen LogP contribution in [0.1, 0.15) is 19.3 Å². The van der Waals surface area contributed by atoms with E-state index in [0.29, 0.717) is 18.8 Å². The number of rotatable bonds is 5. The van der Waals surface area contributed by atoms with Crippen molar-refractivity contribution in [2.75, 3.05) is 6.61 Å². The van der Waals surface area contributed by atoms with Gasteiger partial charge in [0.25, 0.3) is 0 Å². The highest BCUT2D eigenvalue weighted by Gasteiger charge is 2.02. The average Bonchev–Trinajstić information content (AvgIpc) is 2.23. The van der Waals surface area contributed by atoms with Crippen molar-refractivity contribution in [2.24, 2.45) is 0 Å². The van der Waals surface area contributed by atoms with Crippen LogP contribution in [-0.4, -0.2) is 6.61 Å². The van der Waals surface area contributed by atoms with E-state index in [1.165, 1.54) is 6.07 Å². The van der Waals surface area contributed by atoms with Gasteiger partial charge in [-0.2, -0.15) is 0 Å². The van der Waals surface area contributed by atoms with Gasteiger partial charge in [0.1, 0.15) is 5.75 Å². The van der Waals surface area contributed by atoms with Gasteiger partial charge in [0.2, 0.25) is 0 Å². The van der Waals surface area contributed by atoms with Crippen molar-refractivity contribution in [1.82, 2.24) is 0 Å². The zero-order valence-corrected chi connectivity index (χ0v) is 8.30. The fourth-order valence-electron chi connectivity index (χ4n) is 1.09. The SMILES string of the molecule is C#CCCCCOc1ccc(F)c(F)c1. The summed E-state index contributed by atoms with van der Waals surface area (Å²) in [6, 6.07) is 3.49. The Bertz CT molecular complexity index is 355. The fourth-order valence-corrected chi connectivity index (χ4v) is 1.09. The molecule has 0 fully saturated rings. The maximum Gasteiger partial charge on any atom is 0.162 e. The van der Waals surface area contributed by atoms with Crippen molar-refractivity contribution in [3.8, 4) is 18.1 Å². The van der Waals surface area contributed by atoms with E-state index >= 15 is 0 Å². The molecule has 0 saturated carbocycles. The van der Waals surface area contributed by atoms with Gasteiger partial charge in [-0.05, 0) is 25.0 Å². The largest absolute Gasteiger partial charge is 0.493 e. The molecule has 0 heterocycles. The van der Waals surface area contributed by atoms with Crippen LogP contribution in [0.4, 0.5) is 8.78 Å². The van der Waals surface area contributed by atoms with Crippen LogP contribution in [-0.2, 0) is 0 Å². The van der Waals surface area contributed by atoms with Gasteiger partial charge in [0, 0.05) is 12.5 Å². The number of unbranched alkanes of at least 4 members (excludes halogenated alkanes) is 2. The predicted octanol–water partition coefficient (Wildman–Crippen LogP) is 3.15. The van der Waals surface area contributed by atoms with E-state index in [1.807, 2.05) is 0 Å². The second-order valence-electron chi connectivity index (χ2n) is 3.09. The minimum Gasteiger partial charge on any atom is -0.493 e. The van der Waals surface area contributed by atoms with Crippen LogP contribution in [0.2, 0.25) is 0 Å². The Hall–Kier alpha value is -1.56. The molecule has 0 aliphatic rings. The molecular formula is C12H12F2O. The Kier molecular flexibility index (Phi) is 4.62. The highest BCUT2D eigenvalue weighted by Crippen LogP contribution is 2.15. The standard InChI is InChI=1S/C12H12F2O/c1-2-3-4-5-8-15-10-6-7-11(13)12(14)9-10/h1,6-7,9H,3-5,8H2. The Morgan fingerprint density at radius 2 is 2.00 bits per heavy atom. The third-order valence-corrected chi connectivity index (χ3v) is 1.88. The molecule has 0 spiro atoms. The summed E-state index contributed by atoms with van der Waals surface area (Å²) in [5.74, 6) is 1.10. The van der Waals surface area contributed by atoms with E-state index in [-0.39, 0.29) is 0 Å². The van der Waals surface area contributed by atoms with Gasteiger partial charge in [-0.15, -0.1) is 12.3 Å². The quantitative estimate of drug-likeness (QED) is 0.536. The summed E-state index contributed by atoms with van der Waals surface area (Å²) in [6.45, 7) is 0.465. The molecule has 0 amide bonds. The molecule has 0 bridgehead atoms. The van der Waals surface area contributed by atoms with Gasteiger partial charge in [0.15, 0.2) is 11.6 Å². The topological polar surface area (TPSA) is 9.23 Å². The molecule has 0 unspecified atom stereocenters. The van der Waals surface area contributed by atoms with Gasteiger partial charge in [-0.25, -0.2) is 8.78 Å². The minimum absolute atomic E-state index is 0.342. The minimum atomic E-state index is -0.892. The number of ether oxygens (including phenoxy) is 1. The molecule has 0 aliphatic carbocycles. The van der Waals surface area contributed by atoms with Crippen molar-refractivity contribution in [2.45, 2.75) is 19.3 Å². The number of hydrogen-bond acceptors (Lipinski definition) is 1. The lowest BCUT2D eigenvalue weighted by atomic mass is 10.2. The molecule has 0 aromatic heterocycles. The summed E-state index contributed by atoms with van der Waals surface area (Å²) >= 11 is 0. The van der Waals surface area contributed by atoms with Crippen LogP contribution in [0.25, 0.3) is 0 Å². The lowest BCUT2D eigenvalue weighted by molar-refractivity contribution is 0.305. The van der Waals surface area contributed by atoms with Crippen molar-refractivity contribution >= 4 is 0 Å². The van der Waals surface area contributed by atoms with Gasteiger partial charge >= 0.3 is 0 Å². The zero-order chi connectivity index (χ0) is 11.1. The average molecular weight is 210 g/mol. The van der Waals surface area contributed by atoms with Gasteiger partial charge in [-0.1, -0.05) is 0 Å². The molecule has 1 nitrogen and oxygen atoms in total.